The molecular weight excluding hydrogens is 294 g/mol. The Bertz CT molecular complexity index is 544. The van der Waals surface area contributed by atoms with Gasteiger partial charge in [-0.1, -0.05) is 6.07 Å². The Morgan fingerprint density at radius 3 is 2.78 bits per heavy atom. The molecule has 0 radical (unpaired) electrons. The van der Waals surface area contributed by atoms with Crippen molar-refractivity contribution in [3.05, 3.63) is 23.9 Å². The zero-order valence-corrected chi connectivity index (χ0v) is 13.9. The Labute approximate surface area is 137 Å². The van der Waals surface area contributed by atoms with Gasteiger partial charge >= 0.3 is 0 Å². The Morgan fingerprint density at radius 2 is 2.04 bits per heavy atom. The number of carbonyl (C=O) groups is 1. The number of anilines is 1. The summed E-state index contributed by atoms with van der Waals surface area (Å²) in [7, 11) is 3.93. The van der Waals surface area contributed by atoms with Gasteiger partial charge in [0.25, 0.3) is 0 Å². The van der Waals surface area contributed by atoms with Crippen molar-refractivity contribution >= 4 is 11.7 Å². The topological polar surface area (TPSA) is 54.9 Å². The number of ether oxygens (including phenoxy) is 2. The van der Waals surface area contributed by atoms with Gasteiger partial charge in [0.2, 0.25) is 5.91 Å². The second kappa shape index (κ2) is 7.27. The Hall–Kier alpha value is -1.66. The predicted octanol–water partition coefficient (Wildman–Crippen LogP) is 1.47. The van der Waals surface area contributed by atoms with Gasteiger partial charge in [0.05, 0.1) is 18.8 Å². The lowest BCUT2D eigenvalue weighted by Gasteiger charge is -2.35. The van der Waals surface area contributed by atoms with E-state index in [4.69, 9.17) is 9.47 Å². The number of aromatic nitrogens is 1. The van der Waals surface area contributed by atoms with Gasteiger partial charge in [-0.3, -0.25) is 4.79 Å². The molecule has 126 valence electrons. The third-order valence-electron chi connectivity index (χ3n) is 4.49. The number of rotatable bonds is 3. The highest BCUT2D eigenvalue weighted by Gasteiger charge is 2.31. The second-order valence-electron chi connectivity index (χ2n) is 6.35. The predicted molar refractivity (Wildman–Crippen MR) is 87.4 cm³/mol. The van der Waals surface area contributed by atoms with E-state index >= 15 is 0 Å². The molecular formula is C17H25N3O3. The number of hydrogen-bond acceptors (Lipinski definition) is 5. The van der Waals surface area contributed by atoms with Gasteiger partial charge in [-0.25, -0.2) is 4.98 Å². The third kappa shape index (κ3) is 3.82. The molecule has 1 aromatic heterocycles. The van der Waals surface area contributed by atoms with E-state index in [2.05, 4.69) is 4.98 Å². The number of amides is 1. The maximum Gasteiger partial charge on any atom is 0.226 e. The molecule has 1 aromatic rings. The molecule has 23 heavy (non-hydrogen) atoms. The normalized spacial score (nSPS) is 22.9. The maximum atomic E-state index is 12.7. The summed E-state index contributed by atoms with van der Waals surface area (Å²) in [6.45, 7) is 3.20. The van der Waals surface area contributed by atoms with Gasteiger partial charge < -0.3 is 19.3 Å². The van der Waals surface area contributed by atoms with Crippen molar-refractivity contribution in [2.45, 2.75) is 18.9 Å². The smallest absolute Gasteiger partial charge is 0.226 e. The summed E-state index contributed by atoms with van der Waals surface area (Å²) in [6, 6.07) is 5.93. The number of pyridine rings is 1. The summed E-state index contributed by atoms with van der Waals surface area (Å²) in [4.78, 5) is 21.2. The minimum atomic E-state index is -0.146. The molecule has 1 atom stereocenters. The number of morpholine rings is 1. The highest BCUT2D eigenvalue weighted by Crippen LogP contribution is 2.25. The van der Waals surface area contributed by atoms with Crippen LogP contribution in [0.5, 0.6) is 0 Å². The lowest BCUT2D eigenvalue weighted by Crippen LogP contribution is -2.46. The van der Waals surface area contributed by atoms with Gasteiger partial charge in [-0.2, -0.15) is 0 Å². The van der Waals surface area contributed by atoms with E-state index in [1.165, 1.54) is 0 Å². The van der Waals surface area contributed by atoms with Crippen LogP contribution in [0, 0.1) is 5.92 Å². The molecule has 3 rings (SSSR count). The molecule has 0 unspecified atom stereocenters. The largest absolute Gasteiger partial charge is 0.381 e. The minimum absolute atomic E-state index is 0.101. The lowest BCUT2D eigenvalue weighted by atomic mass is 9.98. The van der Waals surface area contributed by atoms with E-state index in [-0.39, 0.29) is 17.9 Å². The van der Waals surface area contributed by atoms with Gasteiger partial charge in [0, 0.05) is 39.8 Å². The van der Waals surface area contributed by atoms with Crippen molar-refractivity contribution in [2.75, 3.05) is 51.9 Å². The fraction of sp³-hybridized carbons (Fsp3) is 0.647. The van der Waals surface area contributed by atoms with Crippen LogP contribution in [0.4, 0.5) is 5.82 Å². The Balaban J connectivity index is 1.68. The van der Waals surface area contributed by atoms with Crippen LogP contribution in [0.25, 0.3) is 0 Å². The zero-order valence-electron chi connectivity index (χ0n) is 13.9. The van der Waals surface area contributed by atoms with Crippen molar-refractivity contribution < 1.29 is 14.3 Å². The minimum Gasteiger partial charge on any atom is -0.381 e. The summed E-state index contributed by atoms with van der Waals surface area (Å²) < 4.78 is 11.2. The highest BCUT2D eigenvalue weighted by molar-refractivity contribution is 5.79. The molecule has 6 nitrogen and oxygen atoms in total. The van der Waals surface area contributed by atoms with Gasteiger partial charge in [-0.05, 0) is 25.0 Å². The average molecular weight is 319 g/mol. The summed E-state index contributed by atoms with van der Waals surface area (Å²) in [5.74, 6) is 1.24. The molecule has 0 bridgehead atoms. The summed E-state index contributed by atoms with van der Waals surface area (Å²) in [5.41, 5.74) is 0.890. The quantitative estimate of drug-likeness (QED) is 0.844. The van der Waals surface area contributed by atoms with Crippen LogP contribution >= 0.6 is 0 Å². The van der Waals surface area contributed by atoms with Crippen LogP contribution < -0.4 is 4.90 Å². The lowest BCUT2D eigenvalue weighted by molar-refractivity contribution is -0.146. The van der Waals surface area contributed by atoms with Crippen molar-refractivity contribution in [1.29, 1.82) is 0 Å². The van der Waals surface area contributed by atoms with Crippen LogP contribution in [-0.4, -0.2) is 62.8 Å². The van der Waals surface area contributed by atoms with E-state index in [0.29, 0.717) is 32.9 Å². The standard InChI is InChI=1S/C17H25N3O3/c1-19(2)16-5-3-4-14(18-16)15-12-20(8-11-23-15)17(21)13-6-9-22-10-7-13/h3-5,13,15H,6-12H2,1-2H3/t15-/m0/s1. The molecule has 2 saturated heterocycles. The zero-order chi connectivity index (χ0) is 16.2. The molecule has 2 aliphatic heterocycles. The molecule has 1 amide bonds. The van der Waals surface area contributed by atoms with Crippen molar-refractivity contribution in [3.63, 3.8) is 0 Å². The highest BCUT2D eigenvalue weighted by atomic mass is 16.5. The first kappa shape index (κ1) is 16.2. The number of carbonyl (C=O) groups excluding carboxylic acids is 1. The van der Waals surface area contributed by atoms with E-state index in [9.17, 15) is 4.79 Å². The first-order valence-electron chi connectivity index (χ1n) is 8.27. The van der Waals surface area contributed by atoms with Crippen LogP contribution in [0.3, 0.4) is 0 Å². The Kier molecular flexibility index (Phi) is 5.13. The molecule has 0 aromatic carbocycles. The molecule has 0 saturated carbocycles. The van der Waals surface area contributed by atoms with E-state index in [1.807, 2.05) is 42.1 Å². The van der Waals surface area contributed by atoms with Crippen LogP contribution in [0.15, 0.2) is 18.2 Å². The summed E-state index contributed by atoms with van der Waals surface area (Å²) >= 11 is 0. The van der Waals surface area contributed by atoms with Crippen molar-refractivity contribution in [2.24, 2.45) is 5.92 Å². The summed E-state index contributed by atoms with van der Waals surface area (Å²) in [5, 5.41) is 0. The first-order chi connectivity index (χ1) is 11.1. The second-order valence-corrected chi connectivity index (χ2v) is 6.35. The van der Waals surface area contributed by atoms with Crippen LogP contribution in [0.1, 0.15) is 24.6 Å². The Morgan fingerprint density at radius 1 is 1.26 bits per heavy atom. The molecule has 0 N–H and O–H groups in total. The average Bonchev–Trinajstić information content (AvgIpc) is 2.62. The summed E-state index contributed by atoms with van der Waals surface area (Å²) in [6.07, 6.45) is 1.51. The maximum absolute atomic E-state index is 12.7. The van der Waals surface area contributed by atoms with Crippen molar-refractivity contribution in [3.8, 4) is 0 Å². The number of nitrogens with zero attached hydrogens (tertiary/aromatic N) is 3. The SMILES string of the molecule is CN(C)c1cccc([C@@H]2CN(C(=O)C3CCOCC3)CCO2)n1. The molecule has 0 aliphatic carbocycles. The molecule has 0 spiro atoms. The fourth-order valence-electron chi connectivity index (χ4n) is 3.10. The van der Waals surface area contributed by atoms with E-state index in [0.717, 1.165) is 24.4 Å². The first-order valence-corrected chi connectivity index (χ1v) is 8.27. The molecule has 2 aliphatic rings. The third-order valence-corrected chi connectivity index (χ3v) is 4.49. The van der Waals surface area contributed by atoms with Gasteiger partial charge in [0.15, 0.2) is 0 Å². The van der Waals surface area contributed by atoms with Crippen LogP contribution in [-0.2, 0) is 14.3 Å². The fourth-order valence-corrected chi connectivity index (χ4v) is 3.10. The van der Waals surface area contributed by atoms with Crippen molar-refractivity contribution in [1.82, 2.24) is 9.88 Å². The molecule has 2 fully saturated rings. The molecule has 3 heterocycles. The van der Waals surface area contributed by atoms with E-state index in [1.54, 1.807) is 0 Å². The van der Waals surface area contributed by atoms with E-state index < -0.39 is 0 Å². The number of hydrogen-bond donors (Lipinski definition) is 0. The molecule has 6 heteroatoms. The van der Waals surface area contributed by atoms with Crippen LogP contribution in [0.2, 0.25) is 0 Å². The monoisotopic (exact) mass is 319 g/mol. The van der Waals surface area contributed by atoms with Gasteiger partial charge in [0.1, 0.15) is 11.9 Å². The van der Waals surface area contributed by atoms with Gasteiger partial charge in [-0.15, -0.1) is 0 Å².